The van der Waals surface area contributed by atoms with E-state index in [0.717, 1.165) is 12.8 Å². The van der Waals surface area contributed by atoms with E-state index in [4.69, 9.17) is 10.5 Å². The second-order valence-corrected chi connectivity index (χ2v) is 3.22. The van der Waals surface area contributed by atoms with Gasteiger partial charge in [0, 0.05) is 18.3 Å². The molecule has 1 heterocycles. The van der Waals surface area contributed by atoms with Gasteiger partial charge in [-0.1, -0.05) is 6.07 Å². The molecule has 3 heteroatoms. The summed E-state index contributed by atoms with van der Waals surface area (Å²) in [4.78, 5) is 4.11. The van der Waals surface area contributed by atoms with E-state index in [0.29, 0.717) is 5.88 Å². The zero-order valence-electron chi connectivity index (χ0n) is 8.16. The maximum atomic E-state index is 5.65. The lowest BCUT2D eigenvalue weighted by molar-refractivity contribution is 0.397. The molecule has 0 spiro atoms. The molecule has 1 unspecified atom stereocenters. The standard InChI is InChI=1S/C10H16N2O/c1-8(11)3-4-9-5-6-10(13-2)12-7-9/h5-8H,3-4,11H2,1-2H3. The Bertz CT molecular complexity index is 244. The summed E-state index contributed by atoms with van der Waals surface area (Å²) in [5.41, 5.74) is 6.86. The van der Waals surface area contributed by atoms with Crippen LogP contribution in [0.3, 0.4) is 0 Å². The second kappa shape index (κ2) is 4.82. The first-order valence-electron chi connectivity index (χ1n) is 4.47. The summed E-state index contributed by atoms with van der Waals surface area (Å²) in [5.74, 6) is 0.657. The Labute approximate surface area is 78.9 Å². The summed E-state index contributed by atoms with van der Waals surface area (Å²) in [6.07, 6.45) is 3.81. The summed E-state index contributed by atoms with van der Waals surface area (Å²) in [7, 11) is 1.62. The average Bonchev–Trinajstić information content (AvgIpc) is 2.15. The predicted molar refractivity (Wildman–Crippen MR) is 52.8 cm³/mol. The van der Waals surface area contributed by atoms with Gasteiger partial charge in [0.15, 0.2) is 0 Å². The second-order valence-electron chi connectivity index (χ2n) is 3.22. The zero-order chi connectivity index (χ0) is 9.68. The van der Waals surface area contributed by atoms with Crippen molar-refractivity contribution in [3.63, 3.8) is 0 Å². The van der Waals surface area contributed by atoms with Crippen LogP contribution in [0.5, 0.6) is 5.88 Å². The molecule has 1 aromatic heterocycles. The minimum atomic E-state index is 0.252. The van der Waals surface area contributed by atoms with Crippen LogP contribution in [0.1, 0.15) is 18.9 Å². The SMILES string of the molecule is COc1ccc(CCC(C)N)cn1. The maximum absolute atomic E-state index is 5.65. The van der Waals surface area contributed by atoms with Crippen molar-refractivity contribution in [3.05, 3.63) is 23.9 Å². The van der Waals surface area contributed by atoms with Crippen molar-refractivity contribution in [1.29, 1.82) is 0 Å². The first kappa shape index (κ1) is 9.99. The summed E-state index contributed by atoms with van der Waals surface area (Å²) >= 11 is 0. The van der Waals surface area contributed by atoms with Gasteiger partial charge in [0.25, 0.3) is 0 Å². The Morgan fingerprint density at radius 3 is 2.77 bits per heavy atom. The summed E-state index contributed by atoms with van der Waals surface area (Å²) < 4.78 is 4.96. The Hall–Kier alpha value is -1.09. The number of nitrogens with zero attached hydrogens (tertiary/aromatic N) is 1. The van der Waals surface area contributed by atoms with Gasteiger partial charge in [-0.15, -0.1) is 0 Å². The molecule has 1 rings (SSSR count). The molecule has 0 saturated carbocycles. The first-order valence-corrected chi connectivity index (χ1v) is 4.47. The number of nitrogens with two attached hydrogens (primary N) is 1. The van der Waals surface area contributed by atoms with Gasteiger partial charge in [-0.05, 0) is 25.3 Å². The van der Waals surface area contributed by atoms with Gasteiger partial charge >= 0.3 is 0 Å². The molecule has 0 aliphatic heterocycles. The first-order chi connectivity index (χ1) is 6.22. The average molecular weight is 180 g/mol. The Morgan fingerprint density at radius 1 is 1.54 bits per heavy atom. The molecule has 0 amide bonds. The lowest BCUT2D eigenvalue weighted by Crippen LogP contribution is -2.15. The van der Waals surface area contributed by atoms with E-state index in [9.17, 15) is 0 Å². The van der Waals surface area contributed by atoms with Crippen LogP contribution >= 0.6 is 0 Å². The van der Waals surface area contributed by atoms with E-state index in [1.165, 1.54) is 5.56 Å². The monoisotopic (exact) mass is 180 g/mol. The van der Waals surface area contributed by atoms with Crippen molar-refractivity contribution in [2.45, 2.75) is 25.8 Å². The number of hydrogen-bond donors (Lipinski definition) is 1. The van der Waals surface area contributed by atoms with E-state index in [2.05, 4.69) is 4.98 Å². The highest BCUT2D eigenvalue weighted by molar-refractivity contribution is 5.17. The minimum absolute atomic E-state index is 0.252. The van der Waals surface area contributed by atoms with Gasteiger partial charge in [0.2, 0.25) is 5.88 Å². The molecule has 1 aromatic rings. The normalized spacial score (nSPS) is 12.5. The zero-order valence-corrected chi connectivity index (χ0v) is 8.16. The maximum Gasteiger partial charge on any atom is 0.212 e. The molecule has 1 atom stereocenters. The highest BCUT2D eigenvalue weighted by Gasteiger charge is 1.98. The number of hydrogen-bond acceptors (Lipinski definition) is 3. The van der Waals surface area contributed by atoms with Crippen LogP contribution in [0.25, 0.3) is 0 Å². The van der Waals surface area contributed by atoms with Crippen molar-refractivity contribution < 1.29 is 4.74 Å². The highest BCUT2D eigenvalue weighted by atomic mass is 16.5. The minimum Gasteiger partial charge on any atom is -0.481 e. The molecular weight excluding hydrogens is 164 g/mol. The van der Waals surface area contributed by atoms with Gasteiger partial charge < -0.3 is 10.5 Å². The van der Waals surface area contributed by atoms with Crippen LogP contribution in [0.4, 0.5) is 0 Å². The van der Waals surface area contributed by atoms with E-state index < -0.39 is 0 Å². The van der Waals surface area contributed by atoms with Gasteiger partial charge in [-0.25, -0.2) is 4.98 Å². The van der Waals surface area contributed by atoms with Crippen molar-refractivity contribution in [1.82, 2.24) is 4.98 Å². The molecule has 2 N–H and O–H groups in total. The fourth-order valence-corrected chi connectivity index (χ4v) is 1.07. The molecule has 13 heavy (non-hydrogen) atoms. The van der Waals surface area contributed by atoms with E-state index in [1.807, 2.05) is 25.3 Å². The molecule has 0 radical (unpaired) electrons. The van der Waals surface area contributed by atoms with Crippen LogP contribution in [0.15, 0.2) is 18.3 Å². The van der Waals surface area contributed by atoms with Crippen LogP contribution in [-0.4, -0.2) is 18.1 Å². The van der Waals surface area contributed by atoms with Gasteiger partial charge in [-0.3, -0.25) is 0 Å². The van der Waals surface area contributed by atoms with Crippen molar-refractivity contribution in [2.75, 3.05) is 7.11 Å². The molecule has 0 aromatic carbocycles. The fourth-order valence-electron chi connectivity index (χ4n) is 1.07. The Morgan fingerprint density at radius 2 is 2.31 bits per heavy atom. The van der Waals surface area contributed by atoms with Crippen molar-refractivity contribution in [3.8, 4) is 5.88 Å². The Kier molecular flexibility index (Phi) is 3.71. The summed E-state index contributed by atoms with van der Waals surface area (Å²) in [5, 5.41) is 0. The van der Waals surface area contributed by atoms with Crippen LogP contribution < -0.4 is 10.5 Å². The van der Waals surface area contributed by atoms with Gasteiger partial charge in [-0.2, -0.15) is 0 Å². The summed E-state index contributed by atoms with van der Waals surface area (Å²) in [6.45, 7) is 2.01. The third-order valence-electron chi connectivity index (χ3n) is 1.90. The van der Waals surface area contributed by atoms with Crippen LogP contribution in [-0.2, 0) is 6.42 Å². The summed E-state index contributed by atoms with van der Waals surface area (Å²) in [6, 6.07) is 4.15. The van der Waals surface area contributed by atoms with E-state index in [1.54, 1.807) is 7.11 Å². The van der Waals surface area contributed by atoms with Gasteiger partial charge in [0.1, 0.15) is 0 Å². The highest BCUT2D eigenvalue weighted by Crippen LogP contribution is 2.08. The smallest absolute Gasteiger partial charge is 0.212 e. The van der Waals surface area contributed by atoms with E-state index in [-0.39, 0.29) is 6.04 Å². The quantitative estimate of drug-likeness (QED) is 0.761. The molecule has 0 bridgehead atoms. The number of rotatable bonds is 4. The number of pyridine rings is 1. The molecule has 0 aliphatic carbocycles. The number of aromatic nitrogens is 1. The topological polar surface area (TPSA) is 48.1 Å². The molecule has 0 aliphatic rings. The largest absolute Gasteiger partial charge is 0.481 e. The lowest BCUT2D eigenvalue weighted by Gasteiger charge is -2.04. The lowest BCUT2D eigenvalue weighted by atomic mass is 10.1. The molecule has 3 nitrogen and oxygen atoms in total. The third-order valence-corrected chi connectivity index (χ3v) is 1.90. The number of aryl methyl sites for hydroxylation is 1. The van der Waals surface area contributed by atoms with Crippen molar-refractivity contribution >= 4 is 0 Å². The molecule has 0 saturated heterocycles. The number of methoxy groups -OCH3 is 1. The number of ether oxygens (including phenoxy) is 1. The molecular formula is C10H16N2O. The predicted octanol–water partition coefficient (Wildman–Crippen LogP) is 1.37. The van der Waals surface area contributed by atoms with Crippen LogP contribution in [0.2, 0.25) is 0 Å². The molecule has 0 fully saturated rings. The van der Waals surface area contributed by atoms with Gasteiger partial charge in [0.05, 0.1) is 7.11 Å². The van der Waals surface area contributed by atoms with Crippen LogP contribution in [0, 0.1) is 0 Å². The molecule has 72 valence electrons. The van der Waals surface area contributed by atoms with E-state index >= 15 is 0 Å². The Balaban J connectivity index is 2.49. The fraction of sp³-hybridized carbons (Fsp3) is 0.500. The third kappa shape index (κ3) is 3.42. The van der Waals surface area contributed by atoms with Crippen molar-refractivity contribution in [2.24, 2.45) is 5.73 Å².